The Morgan fingerprint density at radius 1 is 1.00 bits per heavy atom. The van der Waals surface area contributed by atoms with Crippen LogP contribution >= 0.6 is 0 Å². The van der Waals surface area contributed by atoms with E-state index in [1.165, 1.54) is 56.9 Å². The van der Waals surface area contributed by atoms with Crippen LogP contribution in [0.1, 0.15) is 82.8 Å². The van der Waals surface area contributed by atoms with E-state index >= 15 is 0 Å². The van der Waals surface area contributed by atoms with Crippen molar-refractivity contribution in [2.24, 2.45) is 11.8 Å². The van der Waals surface area contributed by atoms with E-state index in [0.717, 1.165) is 24.3 Å². The van der Waals surface area contributed by atoms with Crippen LogP contribution in [0.15, 0.2) is 24.3 Å². The topological polar surface area (TPSA) is 20.2 Å². The van der Waals surface area contributed by atoms with Gasteiger partial charge in [0.15, 0.2) is 0 Å². The van der Waals surface area contributed by atoms with E-state index in [1.54, 1.807) is 0 Å². The van der Waals surface area contributed by atoms with Crippen LogP contribution in [-0.2, 0) is 6.42 Å². The average molecular weight is 327 g/mol. The Hall–Kier alpha value is -1.26. The van der Waals surface area contributed by atoms with Crippen molar-refractivity contribution >= 4 is 0 Å². The van der Waals surface area contributed by atoms with Crippen LogP contribution in [0.3, 0.4) is 0 Å². The molecule has 1 nitrogen and oxygen atoms in total. The third-order valence-electron chi connectivity index (χ3n) is 5.48. The van der Waals surface area contributed by atoms with Gasteiger partial charge < -0.3 is 5.11 Å². The van der Waals surface area contributed by atoms with Gasteiger partial charge in [0.25, 0.3) is 0 Å². The fourth-order valence-corrected chi connectivity index (χ4v) is 3.80. The maximum Gasteiger partial charge on any atom is 0.115 e. The zero-order valence-electron chi connectivity index (χ0n) is 15.6. The van der Waals surface area contributed by atoms with Crippen molar-refractivity contribution in [3.63, 3.8) is 0 Å². The van der Waals surface area contributed by atoms with Crippen molar-refractivity contribution in [3.05, 3.63) is 35.4 Å². The third-order valence-corrected chi connectivity index (χ3v) is 5.48. The Morgan fingerprint density at radius 3 is 2.29 bits per heavy atom. The van der Waals surface area contributed by atoms with Crippen molar-refractivity contribution in [3.8, 4) is 11.8 Å². The third kappa shape index (κ3) is 6.70. The first kappa shape index (κ1) is 19.1. The van der Waals surface area contributed by atoms with Crippen LogP contribution in [0.2, 0.25) is 0 Å². The molecular weight excluding hydrogens is 292 g/mol. The molecule has 1 atom stereocenters. The summed E-state index contributed by atoms with van der Waals surface area (Å²) >= 11 is 0. The van der Waals surface area contributed by atoms with E-state index in [2.05, 4.69) is 50.0 Å². The molecule has 0 spiro atoms. The van der Waals surface area contributed by atoms with Gasteiger partial charge in [-0.3, -0.25) is 0 Å². The molecule has 1 aromatic carbocycles. The molecule has 2 rings (SSSR count). The zero-order chi connectivity index (χ0) is 17.2. The molecule has 0 saturated heterocycles. The van der Waals surface area contributed by atoms with E-state index in [0.29, 0.717) is 5.92 Å². The predicted octanol–water partition coefficient (Wildman–Crippen LogP) is 5.74. The molecule has 0 radical (unpaired) electrons. The van der Waals surface area contributed by atoms with Gasteiger partial charge in [-0.1, -0.05) is 89.2 Å². The first-order valence-electron chi connectivity index (χ1n) is 9.99. The Bertz CT molecular complexity index is 511. The number of rotatable bonds is 7. The van der Waals surface area contributed by atoms with E-state index in [-0.39, 0.29) is 0 Å². The molecule has 1 saturated carbocycles. The fraction of sp³-hybridized carbons (Fsp3) is 0.652. The summed E-state index contributed by atoms with van der Waals surface area (Å²) in [5.41, 5.74) is 2.34. The lowest BCUT2D eigenvalue weighted by atomic mass is 9.78. The van der Waals surface area contributed by atoms with Crippen LogP contribution in [-0.4, -0.2) is 11.2 Å². The Kier molecular flexibility index (Phi) is 8.40. The molecule has 1 heteroatoms. The molecule has 0 bridgehead atoms. The van der Waals surface area contributed by atoms with Gasteiger partial charge in [0.2, 0.25) is 0 Å². The lowest BCUT2D eigenvalue weighted by Crippen LogP contribution is -2.19. The molecule has 0 heterocycles. The summed E-state index contributed by atoms with van der Waals surface area (Å²) in [6.07, 6.45) is 12.2. The molecule has 1 unspecified atom stereocenters. The summed E-state index contributed by atoms with van der Waals surface area (Å²) in [6.45, 7) is 4.43. The van der Waals surface area contributed by atoms with Crippen LogP contribution in [0, 0.1) is 23.7 Å². The van der Waals surface area contributed by atoms with Crippen LogP contribution in [0.4, 0.5) is 0 Å². The summed E-state index contributed by atoms with van der Waals surface area (Å²) < 4.78 is 0. The highest BCUT2D eigenvalue weighted by atomic mass is 16.3. The minimum atomic E-state index is -0.475. The minimum absolute atomic E-state index is 0.475. The van der Waals surface area contributed by atoms with Gasteiger partial charge in [0.05, 0.1) is 0 Å². The van der Waals surface area contributed by atoms with Gasteiger partial charge in [-0.05, 0) is 42.4 Å². The monoisotopic (exact) mass is 326 g/mol. The van der Waals surface area contributed by atoms with Gasteiger partial charge in [0.1, 0.15) is 6.10 Å². The van der Waals surface area contributed by atoms with E-state index < -0.39 is 6.10 Å². The zero-order valence-corrected chi connectivity index (χ0v) is 15.6. The summed E-state index contributed by atoms with van der Waals surface area (Å²) in [7, 11) is 0. The molecule has 0 amide bonds. The molecule has 132 valence electrons. The second-order valence-electron chi connectivity index (χ2n) is 7.45. The van der Waals surface area contributed by atoms with E-state index in [9.17, 15) is 5.11 Å². The van der Waals surface area contributed by atoms with Crippen LogP contribution in [0.5, 0.6) is 0 Å². The molecule has 1 fully saturated rings. The van der Waals surface area contributed by atoms with Gasteiger partial charge in [-0.25, -0.2) is 0 Å². The lowest BCUT2D eigenvalue weighted by molar-refractivity contribution is 0.161. The summed E-state index contributed by atoms with van der Waals surface area (Å²) in [5.74, 6) is 7.77. The second-order valence-corrected chi connectivity index (χ2v) is 7.45. The number of hydrogen-bond donors (Lipinski definition) is 1. The Balaban J connectivity index is 1.71. The smallest absolute Gasteiger partial charge is 0.115 e. The van der Waals surface area contributed by atoms with E-state index in [1.807, 2.05) is 0 Å². The van der Waals surface area contributed by atoms with Crippen molar-refractivity contribution in [1.82, 2.24) is 0 Å². The lowest BCUT2D eigenvalue weighted by Gasteiger charge is -2.29. The largest absolute Gasteiger partial charge is 0.380 e. The highest BCUT2D eigenvalue weighted by Crippen LogP contribution is 2.34. The summed E-state index contributed by atoms with van der Waals surface area (Å²) in [4.78, 5) is 0. The molecule has 1 aliphatic carbocycles. The number of hydrogen-bond acceptors (Lipinski definition) is 1. The van der Waals surface area contributed by atoms with E-state index in [4.69, 9.17) is 0 Å². The average Bonchev–Trinajstić information content (AvgIpc) is 2.62. The van der Waals surface area contributed by atoms with Gasteiger partial charge in [-0.2, -0.15) is 0 Å². The number of aryl methyl sites for hydroxylation is 1. The summed E-state index contributed by atoms with van der Waals surface area (Å²) in [5, 5.41) is 10.2. The first-order valence-corrected chi connectivity index (χ1v) is 9.99. The second kappa shape index (κ2) is 10.6. The minimum Gasteiger partial charge on any atom is -0.380 e. The van der Waals surface area contributed by atoms with Crippen molar-refractivity contribution in [1.29, 1.82) is 0 Å². The first-order chi connectivity index (χ1) is 11.7. The van der Waals surface area contributed by atoms with Gasteiger partial charge in [0, 0.05) is 5.56 Å². The molecule has 0 aliphatic heterocycles. The quantitative estimate of drug-likeness (QED) is 0.500. The van der Waals surface area contributed by atoms with Crippen molar-refractivity contribution < 1.29 is 5.11 Å². The standard InChI is InChI=1S/C23H34O/c1-3-5-6-7-20-12-14-22(15-13-20)18-23(24)17-16-21-10-8-19(4-2)9-11-21/h8-11,20,22-24H,3-7,12-15,18H2,1-2H3. The molecular formula is C23H34O. The maximum atomic E-state index is 10.2. The Labute approximate surface area is 148 Å². The molecule has 24 heavy (non-hydrogen) atoms. The maximum absolute atomic E-state index is 10.2. The molecule has 0 aromatic heterocycles. The molecule has 1 aromatic rings. The van der Waals surface area contributed by atoms with Gasteiger partial charge in [-0.15, -0.1) is 0 Å². The highest BCUT2D eigenvalue weighted by molar-refractivity contribution is 5.36. The fourth-order valence-electron chi connectivity index (χ4n) is 3.80. The SMILES string of the molecule is CCCCCC1CCC(CC(O)C#Cc2ccc(CC)cc2)CC1. The van der Waals surface area contributed by atoms with Crippen molar-refractivity contribution in [2.75, 3.05) is 0 Å². The molecule has 1 aliphatic rings. The highest BCUT2D eigenvalue weighted by Gasteiger charge is 2.22. The van der Waals surface area contributed by atoms with Crippen molar-refractivity contribution in [2.45, 2.75) is 84.2 Å². The number of unbranched alkanes of at least 4 members (excludes halogenated alkanes) is 2. The van der Waals surface area contributed by atoms with Gasteiger partial charge >= 0.3 is 0 Å². The molecule has 1 N–H and O–H groups in total. The number of benzene rings is 1. The number of aliphatic hydroxyl groups excluding tert-OH is 1. The summed E-state index contributed by atoms with van der Waals surface area (Å²) in [6, 6.07) is 8.35. The Morgan fingerprint density at radius 2 is 1.67 bits per heavy atom. The predicted molar refractivity (Wildman–Crippen MR) is 103 cm³/mol. The normalized spacial score (nSPS) is 21.8. The van der Waals surface area contributed by atoms with Crippen LogP contribution in [0.25, 0.3) is 0 Å². The van der Waals surface area contributed by atoms with Crippen LogP contribution < -0.4 is 0 Å². The number of aliphatic hydroxyl groups is 1.